The van der Waals surface area contributed by atoms with Crippen molar-refractivity contribution in [1.29, 1.82) is 5.26 Å². The van der Waals surface area contributed by atoms with Crippen molar-refractivity contribution in [2.75, 3.05) is 5.32 Å². The largest absolute Gasteiger partial charge is 0.505 e. The van der Waals surface area contributed by atoms with Gasteiger partial charge in [-0.2, -0.15) is 15.0 Å². The van der Waals surface area contributed by atoms with Gasteiger partial charge in [-0.05, 0) is 49.4 Å². The van der Waals surface area contributed by atoms with E-state index in [0.717, 1.165) is 46.0 Å². The zero-order chi connectivity index (χ0) is 19.8. The van der Waals surface area contributed by atoms with Gasteiger partial charge in [0, 0.05) is 10.9 Å². The summed E-state index contributed by atoms with van der Waals surface area (Å²) in [5, 5.41) is 26.8. The number of aromatic hydroxyl groups is 1. The number of nitrogens with one attached hydrogen (secondary N) is 1. The highest BCUT2D eigenvalue weighted by atomic mass is 32.1. The lowest BCUT2D eigenvalue weighted by Gasteiger charge is -2.09. The van der Waals surface area contributed by atoms with Crippen molar-refractivity contribution in [3.63, 3.8) is 0 Å². The molecule has 0 fully saturated rings. The first-order valence-electron chi connectivity index (χ1n) is 8.74. The highest BCUT2D eigenvalue weighted by Gasteiger charge is 2.25. The number of carbonyl (C=O) groups is 1. The molecule has 0 atom stereocenters. The highest BCUT2D eigenvalue weighted by molar-refractivity contribution is 7.16. The number of fused-ring (bicyclic) bond motifs is 1. The van der Waals surface area contributed by atoms with E-state index < -0.39 is 17.2 Å². The number of nitriles is 1. The summed E-state index contributed by atoms with van der Waals surface area (Å²) in [6, 6.07) is 10.2. The molecule has 2 N–H and O–H groups in total. The number of aromatic nitrogens is 2. The number of aryl methyl sites for hydroxylation is 2. The molecular weight excluding hydrogens is 376 g/mol. The summed E-state index contributed by atoms with van der Waals surface area (Å²) >= 11 is 1.38. The zero-order valence-electron chi connectivity index (χ0n) is 15.0. The van der Waals surface area contributed by atoms with Crippen LogP contribution in [0.3, 0.4) is 0 Å². The molecule has 1 aromatic carbocycles. The average molecular weight is 392 g/mol. The number of amides is 1. The Morgan fingerprint density at radius 3 is 2.93 bits per heavy atom. The molecule has 3 aromatic rings. The summed E-state index contributed by atoms with van der Waals surface area (Å²) < 4.78 is 1.07. The van der Waals surface area contributed by atoms with E-state index in [1.54, 1.807) is 18.2 Å². The van der Waals surface area contributed by atoms with E-state index in [-0.39, 0.29) is 5.69 Å². The van der Waals surface area contributed by atoms with Crippen LogP contribution in [0.1, 0.15) is 38.5 Å². The van der Waals surface area contributed by atoms with E-state index in [0.29, 0.717) is 16.3 Å². The standard InChI is InChI=1S/C20H16N4O3S/c1-11-4-2-5-12(8-11)24-17(26)9-15(25)18(23-24)19(27)22-20-14(10-21)13-6-3-7-16(13)28-20/h2,4-5,8-9,25H,3,6-7H2,1H3,(H,22,27). The van der Waals surface area contributed by atoms with Gasteiger partial charge in [0.1, 0.15) is 11.1 Å². The SMILES string of the molecule is Cc1cccc(-n2nc(C(=O)Nc3sc4c(c3C#N)CCC4)c(O)cc2=O)c1. The summed E-state index contributed by atoms with van der Waals surface area (Å²) in [5.74, 6) is -1.18. The molecule has 0 bridgehead atoms. The minimum atomic E-state index is -0.671. The molecule has 1 amide bonds. The van der Waals surface area contributed by atoms with E-state index in [9.17, 15) is 20.0 Å². The first-order valence-corrected chi connectivity index (χ1v) is 9.56. The van der Waals surface area contributed by atoms with Gasteiger partial charge in [-0.3, -0.25) is 9.59 Å². The molecule has 0 spiro atoms. The van der Waals surface area contributed by atoms with Crippen molar-refractivity contribution in [1.82, 2.24) is 9.78 Å². The smallest absolute Gasteiger partial charge is 0.280 e. The third-order valence-corrected chi connectivity index (χ3v) is 5.84. The summed E-state index contributed by atoms with van der Waals surface area (Å²) in [6.07, 6.45) is 2.73. The van der Waals surface area contributed by atoms with Crippen molar-refractivity contribution < 1.29 is 9.90 Å². The Balaban J connectivity index is 1.72. The van der Waals surface area contributed by atoms with Crippen molar-refractivity contribution in [2.45, 2.75) is 26.2 Å². The second kappa shape index (κ2) is 6.94. The van der Waals surface area contributed by atoms with Crippen LogP contribution in [0.5, 0.6) is 5.75 Å². The lowest BCUT2D eigenvalue weighted by Crippen LogP contribution is -2.25. The number of hydrogen-bond donors (Lipinski definition) is 2. The van der Waals surface area contributed by atoms with Crippen molar-refractivity contribution >= 4 is 22.2 Å². The molecule has 28 heavy (non-hydrogen) atoms. The van der Waals surface area contributed by atoms with Gasteiger partial charge in [0.25, 0.3) is 11.5 Å². The van der Waals surface area contributed by atoms with Crippen LogP contribution in [0.2, 0.25) is 0 Å². The van der Waals surface area contributed by atoms with Crippen LogP contribution in [0.25, 0.3) is 5.69 Å². The maximum Gasteiger partial charge on any atom is 0.280 e. The zero-order valence-corrected chi connectivity index (χ0v) is 15.8. The van der Waals surface area contributed by atoms with Crippen LogP contribution in [0, 0.1) is 18.3 Å². The van der Waals surface area contributed by atoms with Crippen LogP contribution in [-0.2, 0) is 12.8 Å². The third-order valence-electron chi connectivity index (χ3n) is 4.63. The lowest BCUT2D eigenvalue weighted by atomic mass is 10.1. The Hall–Kier alpha value is -3.44. The second-order valence-electron chi connectivity index (χ2n) is 6.59. The number of benzene rings is 1. The molecule has 1 aliphatic rings. The second-order valence-corrected chi connectivity index (χ2v) is 7.70. The van der Waals surface area contributed by atoms with Crippen LogP contribution in [0.15, 0.2) is 35.1 Å². The number of nitrogens with zero attached hydrogens (tertiary/aromatic N) is 3. The minimum Gasteiger partial charge on any atom is -0.505 e. The number of anilines is 1. The van der Waals surface area contributed by atoms with E-state index >= 15 is 0 Å². The van der Waals surface area contributed by atoms with Gasteiger partial charge in [-0.15, -0.1) is 11.3 Å². The Kier molecular flexibility index (Phi) is 4.45. The van der Waals surface area contributed by atoms with Gasteiger partial charge in [-0.25, -0.2) is 0 Å². The third kappa shape index (κ3) is 3.06. The maximum absolute atomic E-state index is 12.7. The van der Waals surface area contributed by atoms with Crippen LogP contribution >= 0.6 is 11.3 Å². The molecule has 0 aliphatic heterocycles. The molecule has 0 saturated carbocycles. The molecule has 7 nitrogen and oxygen atoms in total. The van der Waals surface area contributed by atoms with E-state index in [2.05, 4.69) is 16.5 Å². The maximum atomic E-state index is 12.7. The topological polar surface area (TPSA) is 108 Å². The quantitative estimate of drug-likeness (QED) is 0.712. The molecule has 8 heteroatoms. The monoisotopic (exact) mass is 392 g/mol. The van der Waals surface area contributed by atoms with Crippen LogP contribution in [-0.4, -0.2) is 20.8 Å². The Labute approximate surface area is 164 Å². The van der Waals surface area contributed by atoms with Gasteiger partial charge in [-0.1, -0.05) is 12.1 Å². The molecular formula is C20H16N4O3S. The van der Waals surface area contributed by atoms with Crippen LogP contribution < -0.4 is 10.9 Å². The Morgan fingerprint density at radius 1 is 1.36 bits per heavy atom. The number of hydrogen-bond acceptors (Lipinski definition) is 6. The summed E-state index contributed by atoms with van der Waals surface area (Å²) in [4.78, 5) is 26.1. The van der Waals surface area contributed by atoms with Gasteiger partial charge < -0.3 is 10.4 Å². The van der Waals surface area contributed by atoms with Gasteiger partial charge >= 0.3 is 0 Å². The van der Waals surface area contributed by atoms with Gasteiger partial charge in [0.15, 0.2) is 11.4 Å². The van der Waals surface area contributed by atoms with Crippen molar-refractivity contribution in [3.05, 3.63) is 67.9 Å². The number of carbonyl (C=O) groups excluding carboxylic acids is 1. The van der Waals surface area contributed by atoms with Gasteiger partial charge in [0.05, 0.1) is 11.3 Å². The lowest BCUT2D eigenvalue weighted by molar-refractivity contribution is 0.101. The van der Waals surface area contributed by atoms with Gasteiger partial charge in [0.2, 0.25) is 0 Å². The molecule has 0 saturated heterocycles. The van der Waals surface area contributed by atoms with Crippen molar-refractivity contribution in [3.8, 4) is 17.5 Å². The predicted molar refractivity (Wildman–Crippen MR) is 105 cm³/mol. The fourth-order valence-corrected chi connectivity index (χ4v) is 4.56. The Morgan fingerprint density at radius 2 is 2.18 bits per heavy atom. The predicted octanol–water partition coefficient (Wildman–Crippen LogP) is 2.92. The van der Waals surface area contributed by atoms with E-state index in [1.165, 1.54) is 11.3 Å². The first-order chi connectivity index (χ1) is 13.5. The fraction of sp³-hybridized carbons (Fsp3) is 0.200. The summed E-state index contributed by atoms with van der Waals surface area (Å²) in [6.45, 7) is 1.88. The fourth-order valence-electron chi connectivity index (χ4n) is 3.33. The van der Waals surface area contributed by atoms with E-state index in [1.807, 2.05) is 13.0 Å². The van der Waals surface area contributed by atoms with E-state index in [4.69, 9.17) is 0 Å². The molecule has 4 rings (SSSR count). The number of rotatable bonds is 3. The highest BCUT2D eigenvalue weighted by Crippen LogP contribution is 2.38. The molecule has 0 unspecified atom stereocenters. The molecule has 2 heterocycles. The summed E-state index contributed by atoms with van der Waals surface area (Å²) in [5.41, 5.74) is 2.05. The summed E-state index contributed by atoms with van der Waals surface area (Å²) in [7, 11) is 0. The Bertz CT molecular complexity index is 1200. The molecule has 0 radical (unpaired) electrons. The van der Waals surface area contributed by atoms with Crippen LogP contribution in [0.4, 0.5) is 5.00 Å². The average Bonchev–Trinajstić information content (AvgIpc) is 3.22. The normalized spacial score (nSPS) is 12.4. The van der Waals surface area contributed by atoms with Crippen molar-refractivity contribution in [2.24, 2.45) is 0 Å². The minimum absolute atomic E-state index is 0.279. The molecule has 1 aliphatic carbocycles. The number of thiophene rings is 1. The molecule has 2 aromatic heterocycles. The molecule has 140 valence electrons. The first kappa shape index (κ1) is 17.9.